The summed E-state index contributed by atoms with van der Waals surface area (Å²) in [6.45, 7) is 0. The van der Waals surface area contributed by atoms with Gasteiger partial charge in [-0.2, -0.15) is 0 Å². The molecule has 1 saturated carbocycles. The first kappa shape index (κ1) is 13.1. The van der Waals surface area contributed by atoms with Crippen LogP contribution in [0, 0.1) is 11.8 Å². The van der Waals surface area contributed by atoms with E-state index in [1.54, 1.807) is 11.8 Å². The van der Waals surface area contributed by atoms with Crippen molar-refractivity contribution in [2.45, 2.75) is 36.4 Å². The van der Waals surface area contributed by atoms with Crippen LogP contribution >= 0.6 is 23.1 Å². The molecule has 1 fully saturated rings. The summed E-state index contributed by atoms with van der Waals surface area (Å²) in [5.41, 5.74) is 0.966. The third-order valence-electron chi connectivity index (χ3n) is 3.93. The van der Waals surface area contributed by atoms with Crippen LogP contribution in [-0.2, 0) is 4.79 Å². The molecule has 0 radical (unpaired) electrons. The molecule has 1 N–H and O–H groups in total. The number of thioether (sulfide) groups is 1. The predicted molar refractivity (Wildman–Crippen MR) is 78.5 cm³/mol. The number of aromatic nitrogens is 2. The van der Waals surface area contributed by atoms with Gasteiger partial charge in [-0.05, 0) is 30.9 Å². The zero-order valence-corrected chi connectivity index (χ0v) is 12.5. The van der Waals surface area contributed by atoms with Crippen LogP contribution in [0.4, 0.5) is 5.13 Å². The molecule has 4 nitrogen and oxygen atoms in total. The lowest BCUT2D eigenvalue weighted by atomic mass is 9.71. The van der Waals surface area contributed by atoms with E-state index in [0.29, 0.717) is 17.0 Å². The molecule has 0 spiro atoms. The van der Waals surface area contributed by atoms with Crippen LogP contribution in [0.1, 0.15) is 32.1 Å². The summed E-state index contributed by atoms with van der Waals surface area (Å²) in [7, 11) is 0. The normalized spacial score (nSPS) is 25.8. The molecule has 1 heterocycles. The largest absolute Gasteiger partial charge is 0.297 e. The van der Waals surface area contributed by atoms with Gasteiger partial charge in [-0.3, -0.25) is 10.1 Å². The molecule has 2 atom stereocenters. The number of carbonyl (C=O) groups is 1. The van der Waals surface area contributed by atoms with Gasteiger partial charge < -0.3 is 0 Å². The SMILES string of the molecule is CSc1nnc(NC(=O)C2=CC3CCCCCC23)s1. The van der Waals surface area contributed by atoms with E-state index in [-0.39, 0.29) is 5.91 Å². The van der Waals surface area contributed by atoms with Crippen molar-refractivity contribution in [3.05, 3.63) is 11.6 Å². The van der Waals surface area contributed by atoms with Crippen LogP contribution in [0.5, 0.6) is 0 Å². The maximum Gasteiger partial charge on any atom is 0.253 e. The van der Waals surface area contributed by atoms with E-state index < -0.39 is 0 Å². The van der Waals surface area contributed by atoms with Gasteiger partial charge >= 0.3 is 0 Å². The summed E-state index contributed by atoms with van der Waals surface area (Å²) in [6, 6.07) is 0. The molecule has 0 saturated heterocycles. The predicted octanol–water partition coefficient (Wildman–Crippen LogP) is 3.34. The number of rotatable bonds is 3. The number of anilines is 1. The fourth-order valence-electron chi connectivity index (χ4n) is 2.91. The van der Waals surface area contributed by atoms with Gasteiger partial charge in [0, 0.05) is 5.57 Å². The lowest BCUT2D eigenvalue weighted by Gasteiger charge is -2.33. The van der Waals surface area contributed by atoms with Gasteiger partial charge in [0.05, 0.1) is 0 Å². The van der Waals surface area contributed by atoms with Gasteiger partial charge in [-0.1, -0.05) is 48.4 Å². The Bertz CT molecular complexity index is 512. The summed E-state index contributed by atoms with van der Waals surface area (Å²) in [5.74, 6) is 1.14. The van der Waals surface area contributed by atoms with E-state index in [1.165, 1.54) is 37.0 Å². The standard InChI is InChI=1S/C13H17N3OS2/c1-18-13-16-15-12(19-13)14-11(17)10-7-8-5-3-2-4-6-9(8)10/h7-9H,2-6H2,1H3,(H,14,15,17). The fourth-order valence-corrected chi connectivity index (χ4v) is 4.08. The Kier molecular flexibility index (Phi) is 3.88. The van der Waals surface area contributed by atoms with Gasteiger partial charge in [-0.25, -0.2) is 0 Å². The molecule has 6 heteroatoms. The molecule has 102 valence electrons. The number of hydrogen-bond acceptors (Lipinski definition) is 5. The van der Waals surface area contributed by atoms with Crippen molar-refractivity contribution in [1.82, 2.24) is 10.2 Å². The number of nitrogens with one attached hydrogen (secondary N) is 1. The molecule has 0 bridgehead atoms. The average molecular weight is 295 g/mol. The van der Waals surface area contributed by atoms with Crippen LogP contribution in [0.2, 0.25) is 0 Å². The highest BCUT2D eigenvalue weighted by Gasteiger charge is 2.36. The highest BCUT2D eigenvalue weighted by atomic mass is 32.2. The van der Waals surface area contributed by atoms with Crippen LogP contribution in [0.25, 0.3) is 0 Å². The third-order valence-corrected chi connectivity index (χ3v) is 5.74. The molecule has 1 aromatic rings. The molecule has 3 rings (SSSR count). The molecule has 2 aliphatic carbocycles. The maximum absolute atomic E-state index is 12.2. The molecule has 1 aromatic heterocycles. The van der Waals surface area contributed by atoms with Gasteiger partial charge in [0.2, 0.25) is 5.13 Å². The third kappa shape index (κ3) is 2.69. The van der Waals surface area contributed by atoms with Gasteiger partial charge in [-0.15, -0.1) is 10.2 Å². The number of hydrogen-bond donors (Lipinski definition) is 1. The minimum Gasteiger partial charge on any atom is -0.297 e. The average Bonchev–Trinajstić information content (AvgIpc) is 2.75. The molecular formula is C13H17N3OS2. The number of nitrogens with zero attached hydrogens (tertiary/aromatic N) is 2. The Morgan fingerprint density at radius 3 is 3.00 bits per heavy atom. The summed E-state index contributed by atoms with van der Waals surface area (Å²) in [5, 5.41) is 11.4. The van der Waals surface area contributed by atoms with E-state index in [4.69, 9.17) is 0 Å². The Labute approximate surface area is 121 Å². The summed E-state index contributed by atoms with van der Waals surface area (Å²) >= 11 is 2.97. The Morgan fingerprint density at radius 2 is 2.21 bits per heavy atom. The van der Waals surface area contributed by atoms with Crippen LogP contribution in [0.15, 0.2) is 16.0 Å². The first-order chi connectivity index (χ1) is 9.28. The van der Waals surface area contributed by atoms with Crippen molar-refractivity contribution in [3.63, 3.8) is 0 Å². The monoisotopic (exact) mass is 295 g/mol. The quantitative estimate of drug-likeness (QED) is 0.686. The highest BCUT2D eigenvalue weighted by molar-refractivity contribution is 8.00. The van der Waals surface area contributed by atoms with Crippen LogP contribution in [-0.4, -0.2) is 22.4 Å². The Balaban J connectivity index is 1.65. The van der Waals surface area contributed by atoms with Crippen LogP contribution < -0.4 is 5.32 Å². The van der Waals surface area contributed by atoms with E-state index in [2.05, 4.69) is 21.6 Å². The lowest BCUT2D eigenvalue weighted by molar-refractivity contribution is -0.114. The first-order valence-corrected chi connectivity index (χ1v) is 8.72. The van der Waals surface area contributed by atoms with E-state index in [9.17, 15) is 4.79 Å². The zero-order chi connectivity index (χ0) is 13.2. The molecule has 2 unspecified atom stereocenters. The summed E-state index contributed by atoms with van der Waals surface area (Å²) in [4.78, 5) is 12.2. The molecule has 2 aliphatic rings. The van der Waals surface area contributed by atoms with Crippen molar-refractivity contribution in [2.75, 3.05) is 11.6 Å². The number of amides is 1. The first-order valence-electron chi connectivity index (χ1n) is 6.68. The minimum atomic E-state index is 0.0203. The number of carbonyl (C=O) groups excluding carboxylic acids is 1. The topological polar surface area (TPSA) is 54.9 Å². The van der Waals surface area contributed by atoms with Crippen molar-refractivity contribution in [2.24, 2.45) is 11.8 Å². The Morgan fingerprint density at radius 1 is 1.37 bits per heavy atom. The van der Waals surface area contributed by atoms with Crippen molar-refractivity contribution < 1.29 is 4.79 Å². The van der Waals surface area contributed by atoms with Gasteiger partial charge in [0.25, 0.3) is 5.91 Å². The maximum atomic E-state index is 12.2. The second-order valence-corrected chi connectivity index (χ2v) is 7.09. The van der Waals surface area contributed by atoms with Gasteiger partial charge in [0.15, 0.2) is 4.34 Å². The molecule has 19 heavy (non-hydrogen) atoms. The lowest BCUT2D eigenvalue weighted by Crippen LogP contribution is -2.32. The fraction of sp³-hybridized carbons (Fsp3) is 0.615. The molecular weight excluding hydrogens is 278 g/mol. The molecule has 1 amide bonds. The number of allylic oxidation sites excluding steroid dienone is 1. The highest BCUT2D eigenvalue weighted by Crippen LogP contribution is 2.43. The summed E-state index contributed by atoms with van der Waals surface area (Å²) < 4.78 is 0.880. The zero-order valence-electron chi connectivity index (χ0n) is 10.9. The smallest absolute Gasteiger partial charge is 0.253 e. The van der Waals surface area contributed by atoms with Crippen molar-refractivity contribution in [3.8, 4) is 0 Å². The van der Waals surface area contributed by atoms with E-state index in [0.717, 1.165) is 16.3 Å². The molecule has 0 aromatic carbocycles. The van der Waals surface area contributed by atoms with E-state index in [1.807, 2.05) is 6.26 Å². The second-order valence-electron chi connectivity index (χ2n) is 5.06. The van der Waals surface area contributed by atoms with Crippen LogP contribution in [0.3, 0.4) is 0 Å². The van der Waals surface area contributed by atoms with Gasteiger partial charge in [0.1, 0.15) is 0 Å². The Hall–Kier alpha value is -0.880. The minimum absolute atomic E-state index is 0.0203. The number of fused-ring (bicyclic) bond motifs is 1. The van der Waals surface area contributed by atoms with E-state index >= 15 is 0 Å². The second kappa shape index (κ2) is 5.63. The molecule has 0 aliphatic heterocycles. The van der Waals surface area contributed by atoms with Crippen molar-refractivity contribution >= 4 is 34.1 Å². The summed E-state index contributed by atoms with van der Waals surface area (Å²) in [6.07, 6.45) is 10.4. The van der Waals surface area contributed by atoms with Crippen molar-refractivity contribution in [1.29, 1.82) is 0 Å².